The number of hydrogen-bond acceptors (Lipinski definition) is 6. The summed E-state index contributed by atoms with van der Waals surface area (Å²) in [7, 11) is 0. The maximum Gasteiger partial charge on any atom is 0.312 e. The number of carbonyl (C=O) groups is 3. The molecule has 0 radical (unpaired) electrons. The van der Waals surface area contributed by atoms with Crippen LogP contribution >= 0.6 is 0 Å². The molecule has 2 amide bonds. The monoisotopic (exact) mass is 466 g/mol. The van der Waals surface area contributed by atoms with Gasteiger partial charge >= 0.3 is 5.97 Å². The molecule has 2 N–H and O–H groups in total. The van der Waals surface area contributed by atoms with Crippen molar-refractivity contribution in [1.82, 2.24) is 4.90 Å². The molecule has 3 fully saturated rings. The molecule has 1 spiro atoms. The van der Waals surface area contributed by atoms with Gasteiger partial charge in [0.15, 0.2) is 0 Å². The van der Waals surface area contributed by atoms with Crippen LogP contribution in [0.15, 0.2) is 42.5 Å². The van der Waals surface area contributed by atoms with E-state index in [2.05, 4.69) is 5.32 Å². The lowest BCUT2D eigenvalue weighted by molar-refractivity contribution is -0.154. The van der Waals surface area contributed by atoms with Gasteiger partial charge in [-0.3, -0.25) is 14.4 Å². The number of anilines is 1. The number of rotatable bonds is 8. The molecule has 5 atom stereocenters. The maximum atomic E-state index is 13.7. The summed E-state index contributed by atoms with van der Waals surface area (Å²) >= 11 is 0. The first-order valence-corrected chi connectivity index (χ1v) is 12.1. The van der Waals surface area contributed by atoms with E-state index in [0.717, 1.165) is 10.8 Å². The molecule has 8 nitrogen and oxygen atoms in total. The third-order valence-electron chi connectivity index (χ3n) is 7.43. The molecule has 3 heterocycles. The highest BCUT2D eigenvalue weighted by Crippen LogP contribution is 2.58. The third-order valence-corrected chi connectivity index (χ3v) is 7.43. The van der Waals surface area contributed by atoms with Gasteiger partial charge in [-0.25, -0.2) is 0 Å². The molecule has 0 aliphatic carbocycles. The largest absolute Gasteiger partial charge is 0.466 e. The molecule has 2 bridgehead atoms. The van der Waals surface area contributed by atoms with Gasteiger partial charge in [-0.05, 0) is 55.5 Å². The van der Waals surface area contributed by atoms with E-state index in [0.29, 0.717) is 37.9 Å². The first-order chi connectivity index (χ1) is 16.5. The Morgan fingerprint density at radius 3 is 2.76 bits per heavy atom. The number of aliphatic hydroxyl groups excluding tert-OH is 1. The van der Waals surface area contributed by atoms with E-state index in [1.165, 1.54) is 0 Å². The lowest BCUT2D eigenvalue weighted by Gasteiger charge is -2.33. The van der Waals surface area contributed by atoms with Crippen LogP contribution in [0.2, 0.25) is 0 Å². The Kier molecular flexibility index (Phi) is 6.04. The van der Waals surface area contributed by atoms with Gasteiger partial charge in [-0.1, -0.05) is 30.3 Å². The lowest BCUT2D eigenvalue weighted by Crippen LogP contribution is -2.53. The topological polar surface area (TPSA) is 105 Å². The highest BCUT2D eigenvalue weighted by molar-refractivity contribution is 6.04. The molecule has 0 aromatic heterocycles. The number of aliphatic hydroxyl groups is 1. The van der Waals surface area contributed by atoms with Crippen molar-refractivity contribution in [3.8, 4) is 0 Å². The average Bonchev–Trinajstić information content (AvgIpc) is 3.47. The predicted molar refractivity (Wildman–Crippen MR) is 125 cm³/mol. The molecule has 2 aromatic carbocycles. The van der Waals surface area contributed by atoms with Gasteiger partial charge in [0.25, 0.3) is 0 Å². The smallest absolute Gasteiger partial charge is 0.312 e. The summed E-state index contributed by atoms with van der Waals surface area (Å²) in [5.41, 5.74) is -0.403. The number of nitrogens with zero attached hydrogens (tertiary/aromatic N) is 1. The Labute approximate surface area is 198 Å². The van der Waals surface area contributed by atoms with E-state index in [1.807, 2.05) is 42.5 Å². The second kappa shape index (κ2) is 9.00. The fourth-order valence-electron chi connectivity index (χ4n) is 6.07. The van der Waals surface area contributed by atoms with Gasteiger partial charge in [0.05, 0.1) is 24.5 Å². The standard InChI is InChI=1S/C26H30N2O6/c1-2-33-25(32)20-19-11-12-26(34-19)21(20)24(31)28(13-5-6-14-29)22(26)23(30)27-18-10-9-16-7-3-4-8-17(16)15-18/h3-4,7-10,15,19-22,29H,2,5-6,11-14H2,1H3,(H,27,30)/t19-,20+,21-,22?,26?/m0/s1. The van der Waals surface area contributed by atoms with Crippen LogP contribution in [0.1, 0.15) is 32.6 Å². The van der Waals surface area contributed by atoms with E-state index in [-0.39, 0.29) is 25.0 Å². The van der Waals surface area contributed by atoms with Gasteiger partial charge in [0.1, 0.15) is 11.6 Å². The number of amides is 2. The highest BCUT2D eigenvalue weighted by atomic mass is 16.6. The van der Waals surface area contributed by atoms with E-state index in [9.17, 15) is 19.5 Å². The summed E-state index contributed by atoms with van der Waals surface area (Å²) in [5.74, 6) is -2.41. The Morgan fingerprint density at radius 2 is 2.00 bits per heavy atom. The molecule has 2 unspecified atom stereocenters. The molecular formula is C26H30N2O6. The normalized spacial score (nSPS) is 29.5. The van der Waals surface area contributed by atoms with Crippen molar-refractivity contribution < 1.29 is 29.0 Å². The number of fused-ring (bicyclic) bond motifs is 2. The highest BCUT2D eigenvalue weighted by Gasteiger charge is 2.74. The van der Waals surface area contributed by atoms with Crippen molar-refractivity contribution in [2.75, 3.05) is 25.1 Å². The number of hydrogen-bond donors (Lipinski definition) is 2. The van der Waals surface area contributed by atoms with Gasteiger partial charge in [-0.15, -0.1) is 0 Å². The summed E-state index contributed by atoms with van der Waals surface area (Å²) in [5, 5.41) is 14.3. The summed E-state index contributed by atoms with van der Waals surface area (Å²) in [6.45, 7) is 2.28. The van der Waals surface area contributed by atoms with Crippen LogP contribution in [0.25, 0.3) is 10.8 Å². The van der Waals surface area contributed by atoms with Crippen molar-refractivity contribution in [2.45, 2.75) is 50.4 Å². The Balaban J connectivity index is 1.47. The first kappa shape index (κ1) is 22.8. The number of likely N-dealkylation sites (tertiary alicyclic amines) is 1. The van der Waals surface area contributed by atoms with E-state index in [4.69, 9.17) is 9.47 Å². The van der Waals surface area contributed by atoms with Gasteiger partial charge < -0.3 is 24.8 Å². The quantitative estimate of drug-likeness (QED) is 0.458. The second-order valence-electron chi connectivity index (χ2n) is 9.32. The summed E-state index contributed by atoms with van der Waals surface area (Å²) in [6.07, 6.45) is 1.81. The number of unbranched alkanes of at least 4 members (excludes halogenated alkanes) is 1. The minimum atomic E-state index is -1.04. The molecule has 5 rings (SSSR count). The second-order valence-corrected chi connectivity index (χ2v) is 9.32. The van der Waals surface area contributed by atoms with E-state index in [1.54, 1.807) is 11.8 Å². The number of carbonyl (C=O) groups excluding carboxylic acids is 3. The third kappa shape index (κ3) is 3.56. The van der Waals surface area contributed by atoms with Crippen LogP contribution in [-0.2, 0) is 23.9 Å². The molecule has 3 saturated heterocycles. The molecule has 0 saturated carbocycles. The molecule has 8 heteroatoms. The van der Waals surface area contributed by atoms with Crippen LogP contribution in [0, 0.1) is 11.8 Å². The minimum Gasteiger partial charge on any atom is -0.466 e. The van der Waals surface area contributed by atoms with Crippen molar-refractivity contribution in [1.29, 1.82) is 0 Å². The van der Waals surface area contributed by atoms with Crippen LogP contribution in [-0.4, -0.2) is 65.3 Å². The van der Waals surface area contributed by atoms with Crippen molar-refractivity contribution in [3.05, 3.63) is 42.5 Å². The van der Waals surface area contributed by atoms with Gasteiger partial charge in [0, 0.05) is 18.8 Å². The average molecular weight is 467 g/mol. The summed E-state index contributed by atoms with van der Waals surface area (Å²) < 4.78 is 11.6. The fraction of sp³-hybridized carbons (Fsp3) is 0.500. The predicted octanol–water partition coefficient (Wildman–Crippen LogP) is 2.49. The van der Waals surface area contributed by atoms with E-state index < -0.39 is 35.6 Å². The molecule has 3 aliphatic heterocycles. The van der Waals surface area contributed by atoms with Crippen LogP contribution < -0.4 is 5.32 Å². The zero-order valence-electron chi connectivity index (χ0n) is 19.2. The van der Waals surface area contributed by atoms with Crippen molar-refractivity contribution in [3.63, 3.8) is 0 Å². The maximum absolute atomic E-state index is 13.7. The minimum absolute atomic E-state index is 0.00851. The molecular weight excluding hydrogens is 436 g/mol. The van der Waals surface area contributed by atoms with E-state index >= 15 is 0 Å². The Bertz CT molecular complexity index is 1120. The van der Waals surface area contributed by atoms with Crippen LogP contribution in [0.4, 0.5) is 5.69 Å². The van der Waals surface area contributed by atoms with Crippen LogP contribution in [0.3, 0.4) is 0 Å². The van der Waals surface area contributed by atoms with Crippen molar-refractivity contribution >= 4 is 34.2 Å². The van der Waals surface area contributed by atoms with Gasteiger partial charge in [0.2, 0.25) is 11.8 Å². The molecule has 34 heavy (non-hydrogen) atoms. The zero-order chi connectivity index (χ0) is 23.9. The number of benzene rings is 2. The number of ether oxygens (including phenoxy) is 2. The Morgan fingerprint density at radius 1 is 1.21 bits per heavy atom. The lowest BCUT2D eigenvalue weighted by atomic mass is 9.71. The molecule has 3 aliphatic rings. The summed E-state index contributed by atoms with van der Waals surface area (Å²) in [4.78, 5) is 41.7. The number of nitrogens with one attached hydrogen (secondary N) is 1. The van der Waals surface area contributed by atoms with Crippen molar-refractivity contribution in [2.24, 2.45) is 11.8 Å². The summed E-state index contributed by atoms with van der Waals surface area (Å²) in [6, 6.07) is 12.7. The Hall–Kier alpha value is -2.97. The van der Waals surface area contributed by atoms with Crippen LogP contribution in [0.5, 0.6) is 0 Å². The number of esters is 1. The molecule has 2 aromatic rings. The fourth-order valence-corrected chi connectivity index (χ4v) is 6.07. The first-order valence-electron chi connectivity index (χ1n) is 12.1. The SMILES string of the molecule is CCOC(=O)[C@@H]1[C@@H]2CCC3(O2)C(C(=O)Nc2ccc4ccccc4c2)N(CCCCO)C(=O)[C@H]13. The molecule has 180 valence electrons. The zero-order valence-corrected chi connectivity index (χ0v) is 19.2. The van der Waals surface area contributed by atoms with Gasteiger partial charge in [-0.2, -0.15) is 0 Å².